The van der Waals surface area contributed by atoms with Crippen LogP contribution in [0.1, 0.15) is 47.5 Å². The molecule has 0 saturated heterocycles. The molecular weight excluding hydrogens is 501 g/mol. The maximum absolute atomic E-state index is 12.9. The lowest BCUT2D eigenvalue weighted by atomic mass is 10.1. The number of fused-ring (bicyclic) bond motifs is 2. The molecule has 1 amide bonds. The molecule has 0 bridgehead atoms. The Bertz CT molecular complexity index is 1390. The zero-order chi connectivity index (χ0) is 24.4. The molecular formula is C25H26N4O3S3. The van der Waals surface area contributed by atoms with Crippen LogP contribution in [0.25, 0.3) is 21.5 Å². The highest BCUT2D eigenvalue weighted by Gasteiger charge is 2.28. The summed E-state index contributed by atoms with van der Waals surface area (Å²) in [6.45, 7) is 4.98. The van der Waals surface area contributed by atoms with Crippen molar-refractivity contribution in [2.75, 3.05) is 17.7 Å². The number of aryl methyl sites for hydroxylation is 1. The first-order valence-corrected chi connectivity index (χ1v) is 14.4. The Morgan fingerprint density at radius 3 is 2.89 bits per heavy atom. The van der Waals surface area contributed by atoms with E-state index in [1.807, 2.05) is 12.1 Å². The minimum absolute atomic E-state index is 0.172. The summed E-state index contributed by atoms with van der Waals surface area (Å²) in [6.07, 6.45) is 3.75. The van der Waals surface area contributed by atoms with E-state index < -0.39 is 0 Å². The number of esters is 1. The van der Waals surface area contributed by atoms with E-state index in [2.05, 4.69) is 44.5 Å². The molecule has 10 heteroatoms. The van der Waals surface area contributed by atoms with Crippen molar-refractivity contribution < 1.29 is 14.3 Å². The Kier molecular flexibility index (Phi) is 7.22. The van der Waals surface area contributed by atoms with Gasteiger partial charge in [-0.1, -0.05) is 36.9 Å². The van der Waals surface area contributed by atoms with E-state index in [1.54, 1.807) is 18.3 Å². The van der Waals surface area contributed by atoms with Gasteiger partial charge in [-0.2, -0.15) is 0 Å². The van der Waals surface area contributed by atoms with Gasteiger partial charge in [0.15, 0.2) is 11.0 Å². The first-order chi connectivity index (χ1) is 17.1. The lowest BCUT2D eigenvalue weighted by Crippen LogP contribution is -2.17. The van der Waals surface area contributed by atoms with Crippen LogP contribution in [0.4, 0.5) is 5.00 Å². The normalized spacial score (nSPS) is 12.7. The molecule has 3 aromatic heterocycles. The fourth-order valence-electron chi connectivity index (χ4n) is 4.38. The van der Waals surface area contributed by atoms with Crippen molar-refractivity contribution in [3.8, 4) is 11.4 Å². The SMILES string of the molecule is CCCn1c(SCC(=O)Nc2sc3c(c2C(=O)OCC)CCC3)nnc1-c1csc2ccccc12. The van der Waals surface area contributed by atoms with Gasteiger partial charge in [-0.05, 0) is 44.2 Å². The molecule has 1 aliphatic carbocycles. The molecule has 0 fully saturated rings. The zero-order valence-electron chi connectivity index (χ0n) is 19.6. The summed E-state index contributed by atoms with van der Waals surface area (Å²) in [5.41, 5.74) is 2.63. The van der Waals surface area contributed by atoms with Crippen LogP contribution < -0.4 is 5.32 Å². The number of aromatic nitrogens is 3. The van der Waals surface area contributed by atoms with Crippen LogP contribution in [-0.4, -0.2) is 39.0 Å². The number of rotatable bonds is 9. The van der Waals surface area contributed by atoms with Crippen LogP contribution in [0, 0.1) is 0 Å². The molecule has 3 heterocycles. The van der Waals surface area contributed by atoms with Gasteiger partial charge in [-0.25, -0.2) is 4.79 Å². The van der Waals surface area contributed by atoms with E-state index in [0.717, 1.165) is 54.6 Å². The third kappa shape index (κ3) is 4.74. The first kappa shape index (κ1) is 24.0. The molecule has 1 N–H and O–H groups in total. The highest BCUT2D eigenvalue weighted by molar-refractivity contribution is 7.99. The number of benzene rings is 1. The molecule has 7 nitrogen and oxygen atoms in total. The summed E-state index contributed by atoms with van der Waals surface area (Å²) >= 11 is 4.55. The van der Waals surface area contributed by atoms with Gasteiger partial charge < -0.3 is 14.6 Å². The maximum atomic E-state index is 12.9. The Morgan fingerprint density at radius 1 is 1.20 bits per heavy atom. The van der Waals surface area contributed by atoms with Crippen LogP contribution in [-0.2, 0) is 28.9 Å². The van der Waals surface area contributed by atoms with Crippen molar-refractivity contribution in [1.29, 1.82) is 0 Å². The number of ether oxygens (including phenoxy) is 1. The Hall–Kier alpha value is -2.69. The molecule has 4 aromatic rings. The van der Waals surface area contributed by atoms with Crippen molar-refractivity contribution >= 4 is 61.4 Å². The number of nitrogens with zero attached hydrogens (tertiary/aromatic N) is 3. The van der Waals surface area contributed by atoms with Gasteiger partial charge in [0.05, 0.1) is 17.9 Å². The smallest absolute Gasteiger partial charge is 0.341 e. The molecule has 0 aliphatic heterocycles. The molecule has 35 heavy (non-hydrogen) atoms. The van der Waals surface area contributed by atoms with Crippen molar-refractivity contribution in [2.45, 2.75) is 51.2 Å². The Morgan fingerprint density at radius 2 is 2.06 bits per heavy atom. The lowest BCUT2D eigenvalue weighted by molar-refractivity contribution is -0.113. The highest BCUT2D eigenvalue weighted by Crippen LogP contribution is 2.40. The summed E-state index contributed by atoms with van der Waals surface area (Å²) < 4.78 is 8.57. The summed E-state index contributed by atoms with van der Waals surface area (Å²) in [5.74, 6) is 0.475. The van der Waals surface area contributed by atoms with Crippen molar-refractivity contribution in [2.24, 2.45) is 0 Å². The number of thioether (sulfide) groups is 1. The van der Waals surface area contributed by atoms with E-state index in [0.29, 0.717) is 22.3 Å². The van der Waals surface area contributed by atoms with E-state index in [4.69, 9.17) is 4.74 Å². The molecule has 0 atom stereocenters. The van der Waals surface area contributed by atoms with Crippen molar-refractivity contribution in [3.05, 3.63) is 45.6 Å². The molecule has 182 valence electrons. The fraction of sp³-hybridized carbons (Fsp3) is 0.360. The number of carbonyl (C=O) groups excluding carboxylic acids is 2. The van der Waals surface area contributed by atoms with E-state index in [-0.39, 0.29) is 17.6 Å². The number of hydrogen-bond acceptors (Lipinski definition) is 8. The molecule has 5 rings (SSSR count). The van der Waals surface area contributed by atoms with Crippen LogP contribution in [0.15, 0.2) is 34.8 Å². The molecule has 0 spiro atoms. The van der Waals surface area contributed by atoms with Gasteiger partial charge in [0.1, 0.15) is 5.00 Å². The summed E-state index contributed by atoms with van der Waals surface area (Å²) in [5, 5.41) is 16.5. The quantitative estimate of drug-likeness (QED) is 0.212. The van der Waals surface area contributed by atoms with Crippen LogP contribution >= 0.6 is 34.4 Å². The van der Waals surface area contributed by atoms with Crippen LogP contribution in [0.2, 0.25) is 0 Å². The second-order valence-electron chi connectivity index (χ2n) is 8.22. The number of hydrogen-bond donors (Lipinski definition) is 1. The average molecular weight is 527 g/mol. The van der Waals surface area contributed by atoms with E-state index in [9.17, 15) is 9.59 Å². The number of amides is 1. The third-order valence-electron chi connectivity index (χ3n) is 5.87. The monoisotopic (exact) mass is 526 g/mol. The van der Waals surface area contributed by atoms with Crippen molar-refractivity contribution in [1.82, 2.24) is 14.8 Å². The van der Waals surface area contributed by atoms with E-state index in [1.165, 1.54) is 32.7 Å². The molecule has 0 unspecified atom stereocenters. The first-order valence-electron chi connectivity index (χ1n) is 11.7. The topological polar surface area (TPSA) is 86.1 Å². The van der Waals surface area contributed by atoms with Gasteiger partial charge in [0.25, 0.3) is 0 Å². The lowest BCUT2D eigenvalue weighted by Gasteiger charge is -2.09. The fourth-order valence-corrected chi connectivity index (χ4v) is 7.37. The summed E-state index contributed by atoms with van der Waals surface area (Å²) in [4.78, 5) is 26.6. The second kappa shape index (κ2) is 10.5. The summed E-state index contributed by atoms with van der Waals surface area (Å²) in [6, 6.07) is 8.28. The van der Waals surface area contributed by atoms with Gasteiger partial charge in [-0.3, -0.25) is 4.79 Å². The number of thiophene rings is 2. The standard InChI is InChI=1S/C25H26N4O3S3/c1-3-12-29-22(17-13-33-18-10-6-5-8-15(17)18)27-28-25(29)34-14-20(30)26-23-21(24(31)32-4-2)16-9-7-11-19(16)35-23/h5-6,8,10,13H,3-4,7,9,11-12,14H2,1-2H3,(H,26,30). The predicted molar refractivity (Wildman–Crippen MR) is 143 cm³/mol. The molecule has 1 aliphatic rings. The minimum atomic E-state index is -0.356. The van der Waals surface area contributed by atoms with Gasteiger partial charge >= 0.3 is 5.97 Å². The Balaban J connectivity index is 1.33. The predicted octanol–water partition coefficient (Wildman–Crippen LogP) is 6.03. The van der Waals surface area contributed by atoms with Crippen LogP contribution in [0.5, 0.6) is 0 Å². The van der Waals surface area contributed by atoms with Gasteiger partial charge in [0, 0.05) is 32.5 Å². The molecule has 0 radical (unpaired) electrons. The number of nitrogens with one attached hydrogen (secondary N) is 1. The third-order valence-corrected chi connectivity index (χ3v) is 9.01. The van der Waals surface area contributed by atoms with Crippen LogP contribution in [0.3, 0.4) is 0 Å². The Labute approximate surface area is 215 Å². The molecule has 0 saturated carbocycles. The largest absolute Gasteiger partial charge is 0.462 e. The summed E-state index contributed by atoms with van der Waals surface area (Å²) in [7, 11) is 0. The van der Waals surface area contributed by atoms with Gasteiger partial charge in [0.2, 0.25) is 5.91 Å². The van der Waals surface area contributed by atoms with E-state index >= 15 is 0 Å². The number of anilines is 1. The average Bonchev–Trinajstić information content (AvgIpc) is 3.61. The second-order valence-corrected chi connectivity index (χ2v) is 11.2. The van der Waals surface area contributed by atoms with Gasteiger partial charge in [-0.15, -0.1) is 32.9 Å². The maximum Gasteiger partial charge on any atom is 0.341 e. The zero-order valence-corrected chi connectivity index (χ0v) is 22.1. The highest BCUT2D eigenvalue weighted by atomic mass is 32.2. The van der Waals surface area contributed by atoms with Crippen molar-refractivity contribution in [3.63, 3.8) is 0 Å². The number of carbonyl (C=O) groups is 2. The molecule has 1 aromatic carbocycles. The minimum Gasteiger partial charge on any atom is -0.462 e.